The predicted octanol–water partition coefficient (Wildman–Crippen LogP) is 1.85. The molecule has 8 heteroatoms. The summed E-state index contributed by atoms with van der Waals surface area (Å²) in [4.78, 5) is 16.3. The fourth-order valence-electron chi connectivity index (χ4n) is 2.06. The van der Waals surface area contributed by atoms with Gasteiger partial charge in [0, 0.05) is 16.6 Å². The maximum atomic E-state index is 12.4. The normalized spacial score (nSPS) is 15.6. The fourth-order valence-corrected chi connectivity index (χ4v) is 4.01. The number of ether oxygens (including phenoxy) is 1. The minimum Gasteiger partial charge on any atom is -0.457 e. The van der Waals surface area contributed by atoms with Crippen molar-refractivity contribution >= 4 is 27.3 Å². The molecule has 0 bridgehead atoms. The van der Waals surface area contributed by atoms with Crippen LogP contribution in [0, 0.1) is 0 Å². The molecule has 21 heavy (non-hydrogen) atoms. The van der Waals surface area contributed by atoms with Crippen LogP contribution in [0.25, 0.3) is 0 Å². The van der Waals surface area contributed by atoms with E-state index in [1.807, 2.05) is 0 Å². The summed E-state index contributed by atoms with van der Waals surface area (Å²) >= 11 is 1.38. The first-order valence-corrected chi connectivity index (χ1v) is 8.54. The fraction of sp³-hybridized carbons (Fsp3) is 0.231. The standard InChI is InChI=1S/C13H12N2O4S2/c1-8(12-5-14-7-20-12)15-21(17,18)10-3-2-9-6-19-13(16)11(9)4-10/h2-5,7-8,15H,6H2,1H3/t8-/m0/s1. The van der Waals surface area contributed by atoms with Crippen LogP contribution in [0.3, 0.4) is 0 Å². The average molecular weight is 324 g/mol. The molecule has 110 valence electrons. The number of rotatable bonds is 4. The van der Waals surface area contributed by atoms with Gasteiger partial charge in [0.05, 0.1) is 22.0 Å². The molecule has 0 radical (unpaired) electrons. The molecule has 0 saturated heterocycles. The maximum Gasteiger partial charge on any atom is 0.338 e. The van der Waals surface area contributed by atoms with Gasteiger partial charge in [0.1, 0.15) is 6.61 Å². The van der Waals surface area contributed by atoms with E-state index >= 15 is 0 Å². The van der Waals surface area contributed by atoms with Crippen LogP contribution in [0.5, 0.6) is 0 Å². The summed E-state index contributed by atoms with van der Waals surface area (Å²) in [5.41, 5.74) is 2.66. The average Bonchev–Trinajstić information content (AvgIpc) is 3.08. The molecule has 0 spiro atoms. The highest BCUT2D eigenvalue weighted by molar-refractivity contribution is 7.89. The molecule has 1 aliphatic heterocycles. The van der Waals surface area contributed by atoms with Crippen LogP contribution in [0.4, 0.5) is 0 Å². The largest absolute Gasteiger partial charge is 0.457 e. The molecule has 1 N–H and O–H groups in total. The van der Waals surface area contributed by atoms with E-state index in [1.54, 1.807) is 24.7 Å². The second-order valence-electron chi connectivity index (χ2n) is 4.64. The van der Waals surface area contributed by atoms with Gasteiger partial charge in [-0.05, 0) is 19.1 Å². The van der Waals surface area contributed by atoms with Gasteiger partial charge in [-0.2, -0.15) is 0 Å². The molecule has 6 nitrogen and oxygen atoms in total. The van der Waals surface area contributed by atoms with Crippen LogP contribution < -0.4 is 4.72 Å². The summed E-state index contributed by atoms with van der Waals surface area (Å²) in [7, 11) is -3.71. The van der Waals surface area contributed by atoms with Crippen molar-refractivity contribution in [2.45, 2.75) is 24.5 Å². The van der Waals surface area contributed by atoms with E-state index in [-0.39, 0.29) is 17.5 Å². The molecule has 0 aliphatic carbocycles. The predicted molar refractivity (Wildman–Crippen MR) is 76.4 cm³/mol. The molecule has 2 heterocycles. The van der Waals surface area contributed by atoms with Crippen molar-refractivity contribution in [1.29, 1.82) is 0 Å². The summed E-state index contributed by atoms with van der Waals surface area (Å²) in [5, 5.41) is 0. The van der Waals surface area contributed by atoms with E-state index < -0.39 is 16.0 Å². The van der Waals surface area contributed by atoms with Gasteiger partial charge in [-0.25, -0.2) is 17.9 Å². The van der Waals surface area contributed by atoms with E-state index in [0.29, 0.717) is 11.1 Å². The van der Waals surface area contributed by atoms with Gasteiger partial charge < -0.3 is 4.74 Å². The Balaban J connectivity index is 1.89. The van der Waals surface area contributed by atoms with Crippen molar-refractivity contribution in [3.05, 3.63) is 45.9 Å². The Morgan fingerprint density at radius 3 is 2.95 bits per heavy atom. The van der Waals surface area contributed by atoms with Gasteiger partial charge in [0.25, 0.3) is 0 Å². The van der Waals surface area contributed by atoms with Crippen molar-refractivity contribution in [3.63, 3.8) is 0 Å². The quantitative estimate of drug-likeness (QED) is 0.868. The second-order valence-corrected chi connectivity index (χ2v) is 7.27. The monoisotopic (exact) mass is 324 g/mol. The number of fused-ring (bicyclic) bond motifs is 1. The topological polar surface area (TPSA) is 85.4 Å². The van der Waals surface area contributed by atoms with Crippen LogP contribution in [0.2, 0.25) is 0 Å². The lowest BCUT2D eigenvalue weighted by atomic mass is 10.1. The van der Waals surface area contributed by atoms with Gasteiger partial charge in [0.2, 0.25) is 10.0 Å². The Hall–Kier alpha value is -1.77. The SMILES string of the molecule is C[C@H](NS(=O)(=O)c1ccc2c(c1)C(=O)OC2)c1cncs1. The number of hydrogen-bond donors (Lipinski definition) is 1. The van der Waals surface area contributed by atoms with E-state index in [4.69, 9.17) is 4.74 Å². The number of sulfonamides is 1. The summed E-state index contributed by atoms with van der Waals surface area (Å²) < 4.78 is 32.2. The van der Waals surface area contributed by atoms with Crippen LogP contribution in [0.1, 0.15) is 33.8 Å². The number of aromatic nitrogens is 1. The zero-order valence-corrected chi connectivity index (χ0v) is 12.7. The van der Waals surface area contributed by atoms with Gasteiger partial charge in [-0.1, -0.05) is 6.07 Å². The summed E-state index contributed by atoms with van der Waals surface area (Å²) in [5.74, 6) is -0.488. The van der Waals surface area contributed by atoms with Crippen molar-refractivity contribution in [3.8, 4) is 0 Å². The Labute approximate surface area is 125 Å². The number of cyclic esters (lactones) is 1. The van der Waals surface area contributed by atoms with E-state index in [1.165, 1.54) is 23.5 Å². The molecule has 1 aromatic carbocycles. The number of carbonyl (C=O) groups excluding carboxylic acids is 1. The lowest BCUT2D eigenvalue weighted by Gasteiger charge is -2.12. The van der Waals surface area contributed by atoms with Crippen molar-refractivity contribution < 1.29 is 17.9 Å². The lowest BCUT2D eigenvalue weighted by Crippen LogP contribution is -2.26. The zero-order chi connectivity index (χ0) is 15.0. The Kier molecular flexibility index (Phi) is 3.52. The minimum absolute atomic E-state index is 0.0523. The number of nitrogens with zero attached hydrogens (tertiary/aromatic N) is 1. The van der Waals surface area contributed by atoms with Gasteiger partial charge >= 0.3 is 5.97 Å². The molecule has 0 fully saturated rings. The number of nitrogens with one attached hydrogen (secondary N) is 1. The number of benzene rings is 1. The third-order valence-electron chi connectivity index (χ3n) is 3.18. The smallest absolute Gasteiger partial charge is 0.338 e. The van der Waals surface area contributed by atoms with E-state index in [0.717, 1.165) is 4.88 Å². The number of esters is 1. The Morgan fingerprint density at radius 2 is 2.24 bits per heavy atom. The highest BCUT2D eigenvalue weighted by Crippen LogP contribution is 2.25. The first-order chi connectivity index (χ1) is 9.97. The second kappa shape index (κ2) is 5.21. The molecule has 1 atom stereocenters. The summed E-state index contributed by atoms with van der Waals surface area (Å²) in [6.45, 7) is 1.94. The molecule has 0 amide bonds. The van der Waals surface area contributed by atoms with Crippen LogP contribution in [-0.4, -0.2) is 19.4 Å². The molecule has 0 saturated carbocycles. The summed E-state index contributed by atoms with van der Waals surface area (Å²) in [6, 6.07) is 4.05. The van der Waals surface area contributed by atoms with Gasteiger partial charge in [-0.15, -0.1) is 11.3 Å². The van der Waals surface area contributed by atoms with Gasteiger partial charge in [-0.3, -0.25) is 4.98 Å². The Morgan fingerprint density at radius 1 is 1.43 bits per heavy atom. The van der Waals surface area contributed by atoms with E-state index in [9.17, 15) is 13.2 Å². The highest BCUT2D eigenvalue weighted by atomic mass is 32.2. The van der Waals surface area contributed by atoms with E-state index in [2.05, 4.69) is 9.71 Å². The lowest BCUT2D eigenvalue weighted by molar-refractivity contribution is 0.0535. The molecular weight excluding hydrogens is 312 g/mol. The van der Waals surface area contributed by atoms with Crippen molar-refractivity contribution in [2.24, 2.45) is 0 Å². The summed E-state index contributed by atoms with van der Waals surface area (Å²) in [6.07, 6.45) is 1.62. The third-order valence-corrected chi connectivity index (χ3v) is 5.68. The van der Waals surface area contributed by atoms with Crippen molar-refractivity contribution in [1.82, 2.24) is 9.71 Å². The first-order valence-electron chi connectivity index (χ1n) is 6.18. The van der Waals surface area contributed by atoms with Crippen LogP contribution in [0.15, 0.2) is 34.8 Å². The first kappa shape index (κ1) is 14.2. The molecular formula is C13H12N2O4S2. The number of carbonyl (C=O) groups is 1. The number of hydrogen-bond acceptors (Lipinski definition) is 6. The molecule has 1 aromatic heterocycles. The van der Waals surface area contributed by atoms with Crippen molar-refractivity contribution in [2.75, 3.05) is 0 Å². The zero-order valence-electron chi connectivity index (χ0n) is 11.1. The minimum atomic E-state index is -3.71. The Bertz CT molecular complexity index is 785. The van der Waals surface area contributed by atoms with Crippen LogP contribution >= 0.6 is 11.3 Å². The van der Waals surface area contributed by atoms with Gasteiger partial charge in [0.15, 0.2) is 0 Å². The van der Waals surface area contributed by atoms with Crippen LogP contribution in [-0.2, 0) is 21.4 Å². The number of thiazole rings is 1. The molecule has 0 unspecified atom stereocenters. The third kappa shape index (κ3) is 2.69. The molecule has 1 aliphatic rings. The molecule has 3 rings (SSSR count). The highest BCUT2D eigenvalue weighted by Gasteiger charge is 2.25. The maximum absolute atomic E-state index is 12.4. The molecule has 2 aromatic rings.